The fraction of sp³-hybridized carbons (Fsp3) is 0.667. The van der Waals surface area contributed by atoms with E-state index in [4.69, 9.17) is 0 Å². The lowest BCUT2D eigenvalue weighted by Gasteiger charge is -2.04. The molecule has 1 heterocycles. The van der Waals surface area contributed by atoms with Gasteiger partial charge in [0.1, 0.15) is 5.69 Å². The molecule has 1 N–H and O–H groups in total. The molecule has 1 aromatic rings. The summed E-state index contributed by atoms with van der Waals surface area (Å²) in [7, 11) is 0. The summed E-state index contributed by atoms with van der Waals surface area (Å²) < 4.78 is 1.76. The molecule has 5 nitrogen and oxygen atoms in total. The van der Waals surface area contributed by atoms with Crippen LogP contribution in [0.3, 0.4) is 0 Å². The molecular formula is C9H16N4OS. The summed E-state index contributed by atoms with van der Waals surface area (Å²) >= 11 is 4.02. The summed E-state index contributed by atoms with van der Waals surface area (Å²) in [4.78, 5) is 11.2. The topological polar surface area (TPSA) is 59.8 Å². The van der Waals surface area contributed by atoms with E-state index in [0.29, 0.717) is 6.54 Å². The Labute approximate surface area is 94.6 Å². The summed E-state index contributed by atoms with van der Waals surface area (Å²) in [5.41, 5.74) is 0.756. The first-order chi connectivity index (χ1) is 7.00. The number of rotatable bonds is 4. The largest absolute Gasteiger partial charge is 0.349 e. The normalized spacial score (nSPS) is 12.9. The number of hydrogen-bond acceptors (Lipinski definition) is 4. The van der Waals surface area contributed by atoms with Crippen molar-refractivity contribution >= 4 is 18.5 Å². The molecule has 0 aliphatic carbocycles. The maximum absolute atomic E-state index is 11.2. The average Bonchev–Trinajstić information content (AvgIpc) is 2.62. The number of carbonyl (C=O) groups is 1. The van der Waals surface area contributed by atoms with Gasteiger partial charge in [-0.05, 0) is 20.8 Å². The van der Waals surface area contributed by atoms with Crippen molar-refractivity contribution < 1.29 is 4.79 Å². The maximum atomic E-state index is 11.2. The van der Waals surface area contributed by atoms with E-state index in [2.05, 4.69) is 28.3 Å². The van der Waals surface area contributed by atoms with Gasteiger partial charge < -0.3 is 5.32 Å². The first-order valence-electron chi connectivity index (χ1n) is 4.87. The monoisotopic (exact) mass is 228 g/mol. The number of carbonyl (C=O) groups excluding carboxylic acids is 1. The lowest BCUT2D eigenvalue weighted by Crippen LogP contribution is -2.29. The smallest absolute Gasteiger partial charge is 0.232 e. The second-order valence-electron chi connectivity index (χ2n) is 3.68. The Balaban J connectivity index is 2.48. The molecule has 0 aromatic carbocycles. The molecule has 0 fully saturated rings. The van der Waals surface area contributed by atoms with Crippen LogP contribution in [0.2, 0.25) is 0 Å². The quantitative estimate of drug-likeness (QED) is 0.749. The Bertz CT molecular complexity index is 335. The fourth-order valence-electron chi connectivity index (χ4n) is 0.972. The third-order valence-corrected chi connectivity index (χ3v) is 2.14. The van der Waals surface area contributed by atoms with Gasteiger partial charge in [0.05, 0.1) is 18.0 Å². The van der Waals surface area contributed by atoms with Crippen molar-refractivity contribution in [1.82, 2.24) is 20.3 Å². The van der Waals surface area contributed by atoms with Crippen LogP contribution in [-0.4, -0.2) is 26.2 Å². The highest BCUT2D eigenvalue weighted by atomic mass is 32.1. The third-order valence-electron chi connectivity index (χ3n) is 1.91. The van der Waals surface area contributed by atoms with Gasteiger partial charge in [0, 0.05) is 6.04 Å². The molecule has 0 bridgehead atoms. The zero-order chi connectivity index (χ0) is 11.4. The van der Waals surface area contributed by atoms with Crippen LogP contribution in [0.5, 0.6) is 0 Å². The van der Waals surface area contributed by atoms with Crippen LogP contribution in [0.4, 0.5) is 0 Å². The molecule has 1 rings (SSSR count). The zero-order valence-electron chi connectivity index (χ0n) is 9.14. The van der Waals surface area contributed by atoms with Crippen LogP contribution in [0, 0.1) is 0 Å². The van der Waals surface area contributed by atoms with Gasteiger partial charge in [0.15, 0.2) is 0 Å². The van der Waals surface area contributed by atoms with E-state index in [1.54, 1.807) is 11.6 Å². The highest BCUT2D eigenvalue weighted by Crippen LogP contribution is 2.02. The Kier molecular flexibility index (Phi) is 4.14. The van der Waals surface area contributed by atoms with Crippen LogP contribution in [-0.2, 0) is 11.3 Å². The number of nitrogens with zero attached hydrogens (tertiary/aromatic N) is 3. The molecule has 1 atom stereocenters. The van der Waals surface area contributed by atoms with Gasteiger partial charge in [0.25, 0.3) is 0 Å². The molecule has 1 amide bonds. The van der Waals surface area contributed by atoms with E-state index in [-0.39, 0.29) is 17.2 Å². The van der Waals surface area contributed by atoms with E-state index in [1.807, 2.05) is 20.0 Å². The van der Waals surface area contributed by atoms with Crippen LogP contribution in [0.15, 0.2) is 6.20 Å². The van der Waals surface area contributed by atoms with Crippen LogP contribution in [0.1, 0.15) is 32.5 Å². The molecule has 0 saturated carbocycles. The summed E-state index contributed by atoms with van der Waals surface area (Å²) in [5, 5.41) is 10.3. The summed E-state index contributed by atoms with van der Waals surface area (Å²) in [6.45, 7) is 6.17. The maximum Gasteiger partial charge on any atom is 0.232 e. The van der Waals surface area contributed by atoms with Crippen LogP contribution >= 0.6 is 12.6 Å². The van der Waals surface area contributed by atoms with Gasteiger partial charge in [-0.2, -0.15) is 12.6 Å². The molecule has 1 aromatic heterocycles. The Morgan fingerprint density at radius 1 is 1.60 bits per heavy atom. The summed E-state index contributed by atoms with van der Waals surface area (Å²) in [6, 6.07) is 0.283. The van der Waals surface area contributed by atoms with Crippen molar-refractivity contribution in [1.29, 1.82) is 0 Å². The molecule has 0 aliphatic heterocycles. The average molecular weight is 228 g/mol. The van der Waals surface area contributed by atoms with Crippen LogP contribution < -0.4 is 5.32 Å². The van der Waals surface area contributed by atoms with Gasteiger partial charge in [-0.25, -0.2) is 4.68 Å². The predicted molar refractivity (Wildman–Crippen MR) is 60.7 cm³/mol. The Morgan fingerprint density at radius 3 is 2.73 bits per heavy atom. The van der Waals surface area contributed by atoms with Crippen molar-refractivity contribution in [2.75, 3.05) is 0 Å². The number of hydrogen-bond donors (Lipinski definition) is 2. The minimum Gasteiger partial charge on any atom is -0.349 e. The first-order valence-corrected chi connectivity index (χ1v) is 5.39. The summed E-state index contributed by atoms with van der Waals surface area (Å²) in [5.74, 6) is -0.0996. The van der Waals surface area contributed by atoms with Crippen molar-refractivity contribution in [3.05, 3.63) is 11.9 Å². The number of thiol groups is 1. The van der Waals surface area contributed by atoms with Gasteiger partial charge in [-0.3, -0.25) is 4.79 Å². The molecule has 84 valence electrons. The van der Waals surface area contributed by atoms with Gasteiger partial charge in [0.2, 0.25) is 5.91 Å². The number of amides is 1. The predicted octanol–water partition coefficient (Wildman–Crippen LogP) is 0.793. The van der Waals surface area contributed by atoms with Crippen LogP contribution in [0.25, 0.3) is 0 Å². The van der Waals surface area contributed by atoms with Crippen molar-refractivity contribution in [3.8, 4) is 0 Å². The highest BCUT2D eigenvalue weighted by molar-refractivity contribution is 7.81. The minimum absolute atomic E-state index is 0.0996. The Morgan fingerprint density at radius 2 is 2.27 bits per heavy atom. The number of nitrogens with one attached hydrogen (secondary N) is 1. The third kappa shape index (κ3) is 3.54. The van der Waals surface area contributed by atoms with E-state index in [9.17, 15) is 4.79 Å². The Hall–Kier alpha value is -1.04. The van der Waals surface area contributed by atoms with Crippen molar-refractivity contribution in [3.63, 3.8) is 0 Å². The van der Waals surface area contributed by atoms with E-state index < -0.39 is 0 Å². The lowest BCUT2D eigenvalue weighted by atomic mass is 10.4. The SMILES string of the molecule is CC(S)C(=O)NCc1cn(C(C)C)nn1. The standard InChI is InChI=1S/C9H16N4OS/c1-6(2)13-5-8(11-12-13)4-10-9(14)7(3)15/h5-7,15H,4H2,1-3H3,(H,10,14). The highest BCUT2D eigenvalue weighted by Gasteiger charge is 2.08. The molecule has 0 saturated heterocycles. The molecule has 0 radical (unpaired) electrons. The first kappa shape index (κ1) is 12.0. The fourth-order valence-corrected chi connectivity index (χ4v) is 1.06. The molecule has 0 spiro atoms. The van der Waals surface area contributed by atoms with E-state index in [0.717, 1.165) is 5.69 Å². The molecule has 15 heavy (non-hydrogen) atoms. The lowest BCUT2D eigenvalue weighted by molar-refractivity contribution is -0.120. The van der Waals surface area contributed by atoms with Gasteiger partial charge >= 0.3 is 0 Å². The zero-order valence-corrected chi connectivity index (χ0v) is 10.0. The van der Waals surface area contributed by atoms with E-state index in [1.165, 1.54) is 0 Å². The van der Waals surface area contributed by atoms with Crippen molar-refractivity contribution in [2.24, 2.45) is 0 Å². The molecule has 0 aliphatic rings. The summed E-state index contributed by atoms with van der Waals surface area (Å²) in [6.07, 6.45) is 1.83. The van der Waals surface area contributed by atoms with Gasteiger partial charge in [-0.15, -0.1) is 5.10 Å². The van der Waals surface area contributed by atoms with Crippen molar-refractivity contribution in [2.45, 2.75) is 38.6 Å². The molecule has 1 unspecified atom stereocenters. The second kappa shape index (κ2) is 5.16. The van der Waals surface area contributed by atoms with E-state index >= 15 is 0 Å². The second-order valence-corrected chi connectivity index (χ2v) is 4.45. The minimum atomic E-state index is -0.301. The number of aromatic nitrogens is 3. The molecular weight excluding hydrogens is 212 g/mol. The molecule has 6 heteroatoms. The van der Waals surface area contributed by atoms with Gasteiger partial charge in [-0.1, -0.05) is 5.21 Å².